The average Bonchev–Trinajstić information content (AvgIpc) is 3.14. The van der Waals surface area contributed by atoms with E-state index in [0.717, 1.165) is 38.4 Å². The highest BCUT2D eigenvalue weighted by Gasteiger charge is 2.16. The van der Waals surface area contributed by atoms with Gasteiger partial charge >= 0.3 is 5.97 Å². The van der Waals surface area contributed by atoms with Crippen LogP contribution in [0.1, 0.15) is 15.9 Å². The van der Waals surface area contributed by atoms with E-state index >= 15 is 0 Å². The van der Waals surface area contributed by atoms with Gasteiger partial charge in [-0.1, -0.05) is 46.3 Å². The average molecular weight is 433 g/mol. The van der Waals surface area contributed by atoms with Crippen LogP contribution in [0.4, 0.5) is 0 Å². The molecule has 2 aromatic carbocycles. The summed E-state index contributed by atoms with van der Waals surface area (Å²) in [6.07, 6.45) is 1.39. The van der Waals surface area contributed by atoms with Gasteiger partial charge in [0.05, 0.1) is 22.6 Å². The van der Waals surface area contributed by atoms with Crippen LogP contribution in [0, 0.1) is 6.92 Å². The monoisotopic (exact) mass is 432 g/mol. The van der Waals surface area contributed by atoms with Gasteiger partial charge in [0.2, 0.25) is 0 Å². The van der Waals surface area contributed by atoms with Crippen molar-refractivity contribution in [1.82, 2.24) is 9.55 Å². The van der Waals surface area contributed by atoms with Crippen LogP contribution in [0.15, 0.2) is 83.5 Å². The van der Waals surface area contributed by atoms with E-state index in [-0.39, 0.29) is 5.56 Å². The lowest BCUT2D eigenvalue weighted by atomic mass is 10.1. The predicted octanol–water partition coefficient (Wildman–Crippen LogP) is 5.98. The predicted molar refractivity (Wildman–Crippen MR) is 114 cm³/mol. The molecule has 0 radical (unpaired) electrons. The van der Waals surface area contributed by atoms with E-state index in [9.17, 15) is 4.79 Å². The van der Waals surface area contributed by atoms with E-state index in [0.29, 0.717) is 0 Å². The molecule has 0 bridgehead atoms. The molecule has 0 unspecified atom stereocenters. The van der Waals surface area contributed by atoms with Crippen molar-refractivity contribution in [1.29, 1.82) is 0 Å². The molecule has 0 amide bonds. The Kier molecular flexibility index (Phi) is 4.84. The van der Waals surface area contributed by atoms with Crippen LogP contribution in [0.25, 0.3) is 28.3 Å². The molecule has 4 nitrogen and oxygen atoms in total. The molecule has 0 aliphatic carbocycles. The summed E-state index contributed by atoms with van der Waals surface area (Å²) >= 11 is 3.49. The number of hydrogen-bond acceptors (Lipinski definition) is 2. The number of nitrogens with zero attached hydrogens (tertiary/aromatic N) is 2. The second-order valence-corrected chi connectivity index (χ2v) is 7.39. The summed E-state index contributed by atoms with van der Waals surface area (Å²) < 4.78 is 3.19. The Morgan fingerprint density at radius 3 is 2.29 bits per heavy atom. The first kappa shape index (κ1) is 18.2. The van der Waals surface area contributed by atoms with Crippen LogP contribution >= 0.6 is 15.9 Å². The SMILES string of the molecule is Cc1ccccc1-n1c(-c2ccc(Br)cc2)ccc1-c1ccc(C(=O)O)cn1. The van der Waals surface area contributed by atoms with Crippen molar-refractivity contribution in [2.24, 2.45) is 0 Å². The molecule has 0 spiro atoms. The van der Waals surface area contributed by atoms with E-state index in [1.807, 2.05) is 30.3 Å². The zero-order valence-corrected chi connectivity index (χ0v) is 16.7. The van der Waals surface area contributed by atoms with E-state index in [2.05, 4.69) is 62.7 Å². The number of rotatable bonds is 4. The number of benzene rings is 2. The van der Waals surface area contributed by atoms with Crippen molar-refractivity contribution in [3.05, 3.63) is 94.6 Å². The second-order valence-electron chi connectivity index (χ2n) is 6.47. The molecule has 4 aromatic rings. The van der Waals surface area contributed by atoms with E-state index < -0.39 is 5.97 Å². The Morgan fingerprint density at radius 2 is 1.64 bits per heavy atom. The molecule has 0 saturated heterocycles. The van der Waals surface area contributed by atoms with Crippen LogP contribution < -0.4 is 0 Å². The molecule has 0 saturated carbocycles. The zero-order valence-electron chi connectivity index (χ0n) is 15.1. The molecule has 0 aliphatic heterocycles. The molecule has 1 N–H and O–H groups in total. The minimum Gasteiger partial charge on any atom is -0.478 e. The van der Waals surface area contributed by atoms with Crippen molar-refractivity contribution in [2.45, 2.75) is 6.92 Å². The standard InChI is InChI=1S/C23H17BrN2O2/c1-15-4-2-3-5-20(15)26-21(16-6-9-18(24)10-7-16)12-13-22(26)19-11-8-17(14-25-19)23(27)28/h2-14H,1H3,(H,27,28). The summed E-state index contributed by atoms with van der Waals surface area (Å²) in [5, 5.41) is 9.14. The Bertz CT molecular complexity index is 1150. The third kappa shape index (κ3) is 3.37. The van der Waals surface area contributed by atoms with E-state index in [1.165, 1.54) is 6.20 Å². The van der Waals surface area contributed by atoms with Crippen LogP contribution in [0.3, 0.4) is 0 Å². The molecular formula is C23H17BrN2O2. The van der Waals surface area contributed by atoms with Gasteiger partial charge in [0.1, 0.15) is 0 Å². The summed E-state index contributed by atoms with van der Waals surface area (Å²) in [6, 6.07) is 23.8. The highest BCUT2D eigenvalue weighted by molar-refractivity contribution is 9.10. The Morgan fingerprint density at radius 1 is 0.929 bits per heavy atom. The van der Waals surface area contributed by atoms with Gasteiger partial charge in [0, 0.05) is 16.4 Å². The van der Waals surface area contributed by atoms with E-state index in [1.54, 1.807) is 12.1 Å². The summed E-state index contributed by atoms with van der Waals surface area (Å²) in [5.74, 6) is -0.983. The first-order chi connectivity index (χ1) is 13.5. The first-order valence-corrected chi connectivity index (χ1v) is 9.57. The maximum absolute atomic E-state index is 11.1. The minimum absolute atomic E-state index is 0.172. The van der Waals surface area contributed by atoms with Gasteiger partial charge in [-0.2, -0.15) is 0 Å². The topological polar surface area (TPSA) is 55.1 Å². The number of hydrogen-bond donors (Lipinski definition) is 1. The molecule has 2 heterocycles. The van der Waals surface area contributed by atoms with Gasteiger partial charge in [-0.05, 0) is 60.5 Å². The first-order valence-electron chi connectivity index (χ1n) is 8.78. The van der Waals surface area contributed by atoms with E-state index in [4.69, 9.17) is 5.11 Å². The van der Waals surface area contributed by atoms with Crippen molar-refractivity contribution < 1.29 is 9.90 Å². The fourth-order valence-electron chi connectivity index (χ4n) is 3.23. The highest BCUT2D eigenvalue weighted by Crippen LogP contribution is 2.33. The van der Waals surface area contributed by atoms with Crippen LogP contribution in [-0.4, -0.2) is 20.6 Å². The molecule has 4 rings (SSSR count). The zero-order chi connectivity index (χ0) is 19.7. The number of halogens is 1. The summed E-state index contributed by atoms with van der Waals surface area (Å²) in [4.78, 5) is 15.5. The Balaban J connectivity index is 1.93. The molecule has 0 fully saturated rings. The van der Waals surface area contributed by atoms with Crippen molar-refractivity contribution in [3.8, 4) is 28.3 Å². The number of aromatic carboxylic acids is 1. The summed E-state index contributed by atoms with van der Waals surface area (Å²) in [6.45, 7) is 2.07. The lowest BCUT2D eigenvalue weighted by molar-refractivity contribution is 0.0696. The largest absolute Gasteiger partial charge is 0.478 e. The number of aromatic nitrogens is 2. The summed E-state index contributed by atoms with van der Waals surface area (Å²) in [7, 11) is 0. The molecule has 138 valence electrons. The number of para-hydroxylation sites is 1. The van der Waals surface area contributed by atoms with Crippen LogP contribution in [0.2, 0.25) is 0 Å². The number of aryl methyl sites for hydroxylation is 1. The number of carboxylic acid groups (broad SMARTS) is 1. The highest BCUT2D eigenvalue weighted by atomic mass is 79.9. The summed E-state index contributed by atoms with van der Waals surface area (Å²) in [5.41, 5.74) is 6.12. The van der Waals surface area contributed by atoms with Gasteiger partial charge in [0.25, 0.3) is 0 Å². The molecule has 0 aliphatic rings. The Hall–Kier alpha value is -3.18. The maximum Gasteiger partial charge on any atom is 0.337 e. The molecule has 2 aromatic heterocycles. The fraction of sp³-hybridized carbons (Fsp3) is 0.0435. The minimum atomic E-state index is -0.983. The van der Waals surface area contributed by atoms with Gasteiger partial charge in [0.15, 0.2) is 0 Å². The number of carbonyl (C=O) groups is 1. The van der Waals surface area contributed by atoms with Gasteiger partial charge in [-0.15, -0.1) is 0 Å². The second kappa shape index (κ2) is 7.44. The lowest BCUT2D eigenvalue weighted by Crippen LogP contribution is -2.03. The number of pyridine rings is 1. The van der Waals surface area contributed by atoms with Crippen LogP contribution in [-0.2, 0) is 0 Å². The van der Waals surface area contributed by atoms with Crippen molar-refractivity contribution in [2.75, 3.05) is 0 Å². The van der Waals surface area contributed by atoms with Gasteiger partial charge in [-0.25, -0.2) is 4.79 Å². The molecule has 5 heteroatoms. The third-order valence-electron chi connectivity index (χ3n) is 4.65. The quantitative estimate of drug-likeness (QED) is 0.431. The third-order valence-corrected chi connectivity index (χ3v) is 5.18. The normalized spacial score (nSPS) is 10.8. The Labute approximate surface area is 171 Å². The molecular weight excluding hydrogens is 416 g/mol. The molecule has 0 atom stereocenters. The van der Waals surface area contributed by atoms with Crippen LogP contribution in [0.5, 0.6) is 0 Å². The molecule has 28 heavy (non-hydrogen) atoms. The lowest BCUT2D eigenvalue weighted by Gasteiger charge is -2.16. The smallest absolute Gasteiger partial charge is 0.337 e. The van der Waals surface area contributed by atoms with Gasteiger partial charge in [-0.3, -0.25) is 4.98 Å². The number of carboxylic acids is 1. The fourth-order valence-corrected chi connectivity index (χ4v) is 3.49. The van der Waals surface area contributed by atoms with Crippen molar-refractivity contribution in [3.63, 3.8) is 0 Å². The van der Waals surface area contributed by atoms with Gasteiger partial charge < -0.3 is 9.67 Å². The van der Waals surface area contributed by atoms with Crippen molar-refractivity contribution >= 4 is 21.9 Å². The maximum atomic E-state index is 11.1.